The van der Waals surface area contributed by atoms with E-state index in [1.54, 1.807) is 6.20 Å². The Bertz CT molecular complexity index is 436. The Kier molecular flexibility index (Phi) is 4.38. The van der Waals surface area contributed by atoms with E-state index < -0.39 is 0 Å². The van der Waals surface area contributed by atoms with Gasteiger partial charge in [-0.2, -0.15) is 0 Å². The highest BCUT2D eigenvalue weighted by Crippen LogP contribution is 2.29. The number of nitrogens with zero attached hydrogens (tertiary/aromatic N) is 1. The van der Waals surface area contributed by atoms with E-state index in [9.17, 15) is 4.79 Å². The first-order valence-corrected chi connectivity index (χ1v) is 7.28. The van der Waals surface area contributed by atoms with Gasteiger partial charge in [-0.1, -0.05) is 13.8 Å². The van der Waals surface area contributed by atoms with E-state index in [1.165, 1.54) is 6.42 Å². The summed E-state index contributed by atoms with van der Waals surface area (Å²) in [6.07, 6.45) is 4.97. The van der Waals surface area contributed by atoms with E-state index >= 15 is 0 Å². The fourth-order valence-corrected chi connectivity index (χ4v) is 2.92. The predicted molar refractivity (Wildman–Crippen MR) is 75.4 cm³/mol. The molecule has 1 fully saturated rings. The van der Waals surface area contributed by atoms with Crippen molar-refractivity contribution in [3.63, 3.8) is 0 Å². The summed E-state index contributed by atoms with van der Waals surface area (Å²) in [5.74, 6) is 1.37. The number of carbonyl (C=O) groups excluding carboxylic acids is 1. The monoisotopic (exact) mass is 310 g/mol. The highest BCUT2D eigenvalue weighted by molar-refractivity contribution is 9.10. The van der Waals surface area contributed by atoms with E-state index in [2.05, 4.69) is 40.1 Å². The molecule has 18 heavy (non-hydrogen) atoms. The van der Waals surface area contributed by atoms with Gasteiger partial charge in [0.25, 0.3) is 5.91 Å². The largest absolute Gasteiger partial charge is 0.348 e. The van der Waals surface area contributed by atoms with Crippen LogP contribution < -0.4 is 5.32 Å². The number of nitrogens with one attached hydrogen (secondary N) is 1. The molecule has 3 nitrogen and oxygen atoms in total. The van der Waals surface area contributed by atoms with Crippen LogP contribution in [0.25, 0.3) is 0 Å². The average Bonchev–Trinajstić information content (AvgIpc) is 2.34. The molecule has 1 heterocycles. The van der Waals surface area contributed by atoms with Crippen LogP contribution in [0.2, 0.25) is 0 Å². The lowest BCUT2D eigenvalue weighted by Crippen LogP contribution is -2.40. The van der Waals surface area contributed by atoms with Crippen molar-refractivity contribution in [2.45, 2.75) is 39.2 Å². The van der Waals surface area contributed by atoms with Gasteiger partial charge in [0.1, 0.15) is 5.69 Å². The molecule has 1 N–H and O–H groups in total. The second kappa shape index (κ2) is 5.83. The number of hydrogen-bond donors (Lipinski definition) is 1. The van der Waals surface area contributed by atoms with E-state index in [1.807, 2.05) is 12.1 Å². The summed E-state index contributed by atoms with van der Waals surface area (Å²) in [5, 5.41) is 3.10. The highest BCUT2D eigenvalue weighted by Gasteiger charge is 2.26. The van der Waals surface area contributed by atoms with Crippen LogP contribution in [0.3, 0.4) is 0 Å². The van der Waals surface area contributed by atoms with Crippen LogP contribution in [0.5, 0.6) is 0 Å². The Balaban J connectivity index is 1.98. The van der Waals surface area contributed by atoms with E-state index in [0.29, 0.717) is 11.6 Å². The lowest BCUT2D eigenvalue weighted by atomic mass is 9.79. The van der Waals surface area contributed by atoms with Crippen molar-refractivity contribution >= 4 is 21.8 Å². The third-order valence-electron chi connectivity index (χ3n) is 3.91. The summed E-state index contributed by atoms with van der Waals surface area (Å²) in [7, 11) is 0. The zero-order valence-electron chi connectivity index (χ0n) is 10.8. The quantitative estimate of drug-likeness (QED) is 0.909. The maximum Gasteiger partial charge on any atom is 0.271 e. The van der Waals surface area contributed by atoms with Crippen molar-refractivity contribution in [1.82, 2.24) is 10.3 Å². The van der Waals surface area contributed by atoms with Gasteiger partial charge in [-0.3, -0.25) is 4.79 Å². The standard InChI is InChI=1S/C14H19BrN2O/c1-9-5-6-11(8-10(9)2)17-14(18)13-12(15)4-3-7-16-13/h3-4,7,9-11H,5-6,8H2,1-2H3,(H,17,18). The van der Waals surface area contributed by atoms with Crippen molar-refractivity contribution < 1.29 is 4.79 Å². The summed E-state index contributed by atoms with van der Waals surface area (Å²) in [4.78, 5) is 16.2. The van der Waals surface area contributed by atoms with Crippen molar-refractivity contribution in [3.05, 3.63) is 28.5 Å². The van der Waals surface area contributed by atoms with Gasteiger partial charge >= 0.3 is 0 Å². The minimum Gasteiger partial charge on any atom is -0.348 e. The molecule has 4 heteroatoms. The number of halogens is 1. The molecule has 0 aliphatic heterocycles. The van der Waals surface area contributed by atoms with Crippen LogP contribution in [0.15, 0.2) is 22.8 Å². The van der Waals surface area contributed by atoms with Gasteiger partial charge in [-0.25, -0.2) is 4.98 Å². The Morgan fingerprint density at radius 2 is 2.17 bits per heavy atom. The Labute approximate surface area is 117 Å². The molecule has 0 saturated heterocycles. The van der Waals surface area contributed by atoms with E-state index in [0.717, 1.165) is 23.2 Å². The molecule has 1 aromatic heterocycles. The third-order valence-corrected chi connectivity index (χ3v) is 4.55. The van der Waals surface area contributed by atoms with Crippen molar-refractivity contribution in [3.8, 4) is 0 Å². The molecule has 2 rings (SSSR count). The van der Waals surface area contributed by atoms with E-state index in [-0.39, 0.29) is 11.9 Å². The van der Waals surface area contributed by atoms with Gasteiger partial charge in [0, 0.05) is 16.7 Å². The zero-order valence-corrected chi connectivity index (χ0v) is 12.4. The number of carbonyl (C=O) groups is 1. The van der Waals surface area contributed by atoms with Gasteiger partial charge in [0.05, 0.1) is 0 Å². The number of pyridine rings is 1. The predicted octanol–water partition coefficient (Wildman–Crippen LogP) is 3.40. The molecular formula is C14H19BrN2O. The molecule has 0 aromatic carbocycles. The van der Waals surface area contributed by atoms with Crippen molar-refractivity contribution in [2.75, 3.05) is 0 Å². The Morgan fingerprint density at radius 3 is 2.83 bits per heavy atom. The van der Waals surface area contributed by atoms with Crippen LogP contribution in [-0.2, 0) is 0 Å². The zero-order chi connectivity index (χ0) is 13.1. The second-order valence-corrected chi connectivity index (χ2v) is 6.13. The third kappa shape index (κ3) is 3.10. The van der Waals surface area contributed by atoms with Crippen molar-refractivity contribution in [1.29, 1.82) is 0 Å². The Hall–Kier alpha value is -0.900. The normalized spacial score (nSPS) is 27.8. The molecule has 3 unspecified atom stereocenters. The van der Waals surface area contributed by atoms with Crippen molar-refractivity contribution in [2.24, 2.45) is 11.8 Å². The molecule has 0 radical (unpaired) electrons. The molecule has 3 atom stereocenters. The number of hydrogen-bond acceptors (Lipinski definition) is 2. The summed E-state index contributed by atoms with van der Waals surface area (Å²) < 4.78 is 0.750. The first-order valence-electron chi connectivity index (χ1n) is 6.49. The molecule has 98 valence electrons. The highest BCUT2D eigenvalue weighted by atomic mass is 79.9. The molecule has 0 spiro atoms. The number of rotatable bonds is 2. The molecule has 1 aliphatic rings. The lowest BCUT2D eigenvalue weighted by Gasteiger charge is -2.32. The van der Waals surface area contributed by atoms with Crippen LogP contribution in [0.1, 0.15) is 43.6 Å². The lowest BCUT2D eigenvalue weighted by molar-refractivity contribution is 0.0904. The summed E-state index contributed by atoms with van der Waals surface area (Å²) in [5.41, 5.74) is 0.476. The molecule has 1 saturated carbocycles. The van der Waals surface area contributed by atoms with Gasteiger partial charge in [-0.15, -0.1) is 0 Å². The van der Waals surface area contributed by atoms with Gasteiger partial charge < -0.3 is 5.32 Å². The van der Waals surface area contributed by atoms with Crippen LogP contribution in [0, 0.1) is 11.8 Å². The van der Waals surface area contributed by atoms with Gasteiger partial charge in [0.2, 0.25) is 0 Å². The average molecular weight is 311 g/mol. The SMILES string of the molecule is CC1CCC(NC(=O)c2ncccc2Br)CC1C. The topological polar surface area (TPSA) is 42.0 Å². The smallest absolute Gasteiger partial charge is 0.271 e. The summed E-state index contributed by atoms with van der Waals surface area (Å²) >= 11 is 3.36. The van der Waals surface area contributed by atoms with Crippen LogP contribution in [-0.4, -0.2) is 16.9 Å². The second-order valence-electron chi connectivity index (χ2n) is 5.27. The van der Waals surface area contributed by atoms with E-state index in [4.69, 9.17) is 0 Å². The summed E-state index contributed by atoms with van der Waals surface area (Å²) in [6.45, 7) is 4.55. The number of amides is 1. The Morgan fingerprint density at radius 1 is 1.39 bits per heavy atom. The first kappa shape index (κ1) is 13.5. The molecular weight excluding hydrogens is 292 g/mol. The van der Waals surface area contributed by atoms with Crippen LogP contribution in [0.4, 0.5) is 0 Å². The number of aromatic nitrogens is 1. The minimum atomic E-state index is -0.0748. The first-order chi connectivity index (χ1) is 8.58. The van der Waals surface area contributed by atoms with Gasteiger partial charge in [0.15, 0.2) is 0 Å². The maximum absolute atomic E-state index is 12.1. The molecule has 1 aromatic rings. The van der Waals surface area contributed by atoms with Gasteiger partial charge in [-0.05, 0) is 59.2 Å². The minimum absolute atomic E-state index is 0.0748. The summed E-state index contributed by atoms with van der Waals surface area (Å²) in [6, 6.07) is 3.94. The molecule has 1 aliphatic carbocycles. The fourth-order valence-electron chi connectivity index (χ4n) is 2.49. The maximum atomic E-state index is 12.1. The molecule has 0 bridgehead atoms. The van der Waals surface area contributed by atoms with Crippen LogP contribution >= 0.6 is 15.9 Å². The fraction of sp³-hybridized carbons (Fsp3) is 0.571. The molecule has 1 amide bonds.